The third-order valence-corrected chi connectivity index (χ3v) is 2.22. The molecule has 0 radical (unpaired) electrons. The molecule has 2 rings (SSSR count). The molecule has 0 saturated heterocycles. The maximum Gasteiger partial charge on any atom is 0.223 e. The number of aromatic nitrogens is 1. The average molecular weight is 222 g/mol. The molecule has 0 fully saturated rings. The minimum atomic E-state index is 0.0966. The largest absolute Gasteiger partial charge is 0.474 e. The fourth-order valence-corrected chi connectivity index (χ4v) is 1.64. The van der Waals surface area contributed by atoms with Gasteiger partial charge in [-0.1, -0.05) is 29.8 Å². The number of hydrogen-bond acceptors (Lipinski definition) is 2. The number of benzene rings is 1. The van der Waals surface area contributed by atoms with Gasteiger partial charge in [0, 0.05) is 5.39 Å². The van der Waals surface area contributed by atoms with Gasteiger partial charge in [-0.3, -0.25) is 0 Å². The molecular weight excluding hydrogens is 210 g/mol. The summed E-state index contributed by atoms with van der Waals surface area (Å²) in [6.45, 7) is 3.94. The first kappa shape index (κ1) is 10.2. The molecule has 0 unspecified atom stereocenters. The van der Waals surface area contributed by atoms with Crippen molar-refractivity contribution in [3.8, 4) is 5.88 Å². The minimum absolute atomic E-state index is 0.0966. The summed E-state index contributed by atoms with van der Waals surface area (Å²) in [6, 6.07) is 9.75. The highest BCUT2D eigenvalue weighted by molar-refractivity contribution is 6.30. The quantitative estimate of drug-likeness (QED) is 0.722. The SMILES string of the molecule is CC(C)Oc1nc(Cl)cc2ccccc12. The Kier molecular flexibility index (Phi) is 2.78. The highest BCUT2D eigenvalue weighted by Crippen LogP contribution is 2.26. The van der Waals surface area contributed by atoms with Gasteiger partial charge in [0.15, 0.2) is 0 Å². The predicted molar refractivity (Wildman–Crippen MR) is 62.5 cm³/mol. The first-order chi connectivity index (χ1) is 7.16. The van der Waals surface area contributed by atoms with Crippen molar-refractivity contribution in [2.45, 2.75) is 20.0 Å². The molecule has 1 aromatic carbocycles. The lowest BCUT2D eigenvalue weighted by atomic mass is 10.2. The van der Waals surface area contributed by atoms with Crippen LogP contribution in [0, 0.1) is 0 Å². The third-order valence-electron chi connectivity index (χ3n) is 2.02. The second kappa shape index (κ2) is 4.07. The van der Waals surface area contributed by atoms with Crippen molar-refractivity contribution < 1.29 is 4.74 Å². The van der Waals surface area contributed by atoms with E-state index in [2.05, 4.69) is 4.98 Å². The van der Waals surface area contributed by atoms with Crippen molar-refractivity contribution in [2.75, 3.05) is 0 Å². The molecular formula is C12H12ClNO. The Labute approximate surface area is 93.8 Å². The molecule has 78 valence electrons. The number of nitrogens with zero attached hydrogens (tertiary/aromatic N) is 1. The van der Waals surface area contributed by atoms with Gasteiger partial charge in [-0.25, -0.2) is 4.98 Å². The molecule has 0 atom stereocenters. The average Bonchev–Trinajstić information content (AvgIpc) is 2.16. The van der Waals surface area contributed by atoms with E-state index in [1.165, 1.54) is 0 Å². The maximum absolute atomic E-state index is 5.92. The number of pyridine rings is 1. The van der Waals surface area contributed by atoms with Crippen molar-refractivity contribution in [1.82, 2.24) is 4.98 Å². The Morgan fingerprint density at radius 2 is 2.00 bits per heavy atom. The van der Waals surface area contributed by atoms with Crippen LogP contribution in [-0.4, -0.2) is 11.1 Å². The van der Waals surface area contributed by atoms with E-state index >= 15 is 0 Å². The fourth-order valence-electron chi connectivity index (χ4n) is 1.45. The summed E-state index contributed by atoms with van der Waals surface area (Å²) in [6.07, 6.45) is 0.0966. The lowest BCUT2D eigenvalue weighted by molar-refractivity contribution is 0.236. The standard InChI is InChI=1S/C12H12ClNO/c1-8(2)15-12-10-6-4-3-5-9(10)7-11(13)14-12/h3-8H,1-2H3. The Morgan fingerprint density at radius 1 is 1.27 bits per heavy atom. The summed E-state index contributed by atoms with van der Waals surface area (Å²) >= 11 is 5.92. The van der Waals surface area contributed by atoms with Gasteiger partial charge in [0.25, 0.3) is 0 Å². The Morgan fingerprint density at radius 3 is 2.73 bits per heavy atom. The lowest BCUT2D eigenvalue weighted by Crippen LogP contribution is -2.07. The first-order valence-electron chi connectivity index (χ1n) is 4.89. The molecule has 3 heteroatoms. The molecule has 2 aromatic rings. The van der Waals surface area contributed by atoms with Crippen molar-refractivity contribution in [2.24, 2.45) is 0 Å². The van der Waals surface area contributed by atoms with E-state index in [4.69, 9.17) is 16.3 Å². The van der Waals surface area contributed by atoms with Crippen molar-refractivity contribution in [1.29, 1.82) is 0 Å². The second-order valence-corrected chi connectivity index (χ2v) is 4.03. The predicted octanol–water partition coefficient (Wildman–Crippen LogP) is 3.68. The number of ether oxygens (including phenoxy) is 1. The summed E-state index contributed by atoms with van der Waals surface area (Å²) in [7, 11) is 0. The van der Waals surface area contributed by atoms with E-state index in [9.17, 15) is 0 Å². The van der Waals surface area contributed by atoms with Crippen LogP contribution in [0.15, 0.2) is 30.3 Å². The summed E-state index contributed by atoms with van der Waals surface area (Å²) < 4.78 is 5.61. The molecule has 0 aliphatic carbocycles. The van der Waals surface area contributed by atoms with E-state index in [0.717, 1.165) is 10.8 Å². The van der Waals surface area contributed by atoms with E-state index in [1.54, 1.807) is 0 Å². The molecule has 0 spiro atoms. The van der Waals surface area contributed by atoms with Crippen LogP contribution in [0.2, 0.25) is 5.15 Å². The third kappa shape index (κ3) is 2.21. The minimum Gasteiger partial charge on any atom is -0.474 e. The topological polar surface area (TPSA) is 22.1 Å². The zero-order chi connectivity index (χ0) is 10.8. The number of hydrogen-bond donors (Lipinski definition) is 0. The second-order valence-electron chi connectivity index (χ2n) is 3.64. The Hall–Kier alpha value is -1.28. The zero-order valence-electron chi connectivity index (χ0n) is 8.70. The maximum atomic E-state index is 5.92. The summed E-state index contributed by atoms with van der Waals surface area (Å²) in [5, 5.41) is 2.51. The molecule has 0 saturated carbocycles. The molecule has 15 heavy (non-hydrogen) atoms. The Bertz CT molecular complexity index is 482. The van der Waals surface area contributed by atoms with Gasteiger partial charge in [0.05, 0.1) is 6.10 Å². The molecule has 0 aliphatic rings. The van der Waals surface area contributed by atoms with Crippen LogP contribution in [0.1, 0.15) is 13.8 Å². The number of fused-ring (bicyclic) bond motifs is 1. The van der Waals surface area contributed by atoms with Crippen LogP contribution in [0.5, 0.6) is 5.88 Å². The van der Waals surface area contributed by atoms with Gasteiger partial charge in [0.2, 0.25) is 5.88 Å². The van der Waals surface area contributed by atoms with Gasteiger partial charge >= 0.3 is 0 Å². The van der Waals surface area contributed by atoms with Gasteiger partial charge in [0.1, 0.15) is 5.15 Å². The van der Waals surface area contributed by atoms with Crippen LogP contribution in [-0.2, 0) is 0 Å². The van der Waals surface area contributed by atoms with Crippen molar-refractivity contribution in [3.63, 3.8) is 0 Å². The number of rotatable bonds is 2. The highest BCUT2D eigenvalue weighted by atomic mass is 35.5. The monoisotopic (exact) mass is 221 g/mol. The van der Waals surface area contributed by atoms with Crippen molar-refractivity contribution in [3.05, 3.63) is 35.5 Å². The smallest absolute Gasteiger partial charge is 0.223 e. The van der Waals surface area contributed by atoms with Crippen LogP contribution in [0.4, 0.5) is 0 Å². The highest BCUT2D eigenvalue weighted by Gasteiger charge is 2.06. The lowest BCUT2D eigenvalue weighted by Gasteiger charge is -2.11. The van der Waals surface area contributed by atoms with Crippen LogP contribution in [0.25, 0.3) is 10.8 Å². The van der Waals surface area contributed by atoms with Crippen LogP contribution in [0.3, 0.4) is 0 Å². The summed E-state index contributed by atoms with van der Waals surface area (Å²) in [4.78, 5) is 4.18. The summed E-state index contributed by atoms with van der Waals surface area (Å²) in [5.41, 5.74) is 0. The molecule has 1 aromatic heterocycles. The zero-order valence-corrected chi connectivity index (χ0v) is 9.45. The van der Waals surface area contributed by atoms with Gasteiger partial charge in [-0.05, 0) is 31.4 Å². The van der Waals surface area contributed by atoms with Gasteiger partial charge in [-0.15, -0.1) is 0 Å². The first-order valence-corrected chi connectivity index (χ1v) is 5.26. The molecule has 0 N–H and O–H groups in total. The van der Waals surface area contributed by atoms with E-state index in [1.807, 2.05) is 44.2 Å². The van der Waals surface area contributed by atoms with Gasteiger partial charge in [-0.2, -0.15) is 0 Å². The fraction of sp³-hybridized carbons (Fsp3) is 0.250. The number of halogens is 1. The normalized spacial score (nSPS) is 10.9. The molecule has 1 heterocycles. The van der Waals surface area contributed by atoms with Gasteiger partial charge < -0.3 is 4.74 Å². The van der Waals surface area contributed by atoms with E-state index in [-0.39, 0.29) is 6.10 Å². The van der Waals surface area contributed by atoms with E-state index < -0.39 is 0 Å². The van der Waals surface area contributed by atoms with Crippen LogP contribution >= 0.6 is 11.6 Å². The molecule has 2 nitrogen and oxygen atoms in total. The molecule has 0 bridgehead atoms. The Balaban J connectivity index is 2.60. The van der Waals surface area contributed by atoms with Crippen LogP contribution < -0.4 is 4.74 Å². The van der Waals surface area contributed by atoms with E-state index in [0.29, 0.717) is 11.0 Å². The summed E-state index contributed by atoms with van der Waals surface area (Å²) in [5.74, 6) is 0.605. The molecule has 0 amide bonds. The van der Waals surface area contributed by atoms with Crippen molar-refractivity contribution >= 4 is 22.4 Å². The molecule has 0 aliphatic heterocycles.